The third-order valence-corrected chi connectivity index (χ3v) is 4.36. The number of pyridine rings is 1. The topological polar surface area (TPSA) is 42.0 Å². The van der Waals surface area contributed by atoms with Crippen molar-refractivity contribution in [2.75, 3.05) is 5.88 Å². The van der Waals surface area contributed by atoms with E-state index in [9.17, 15) is 4.79 Å². The summed E-state index contributed by atoms with van der Waals surface area (Å²) in [6.45, 7) is 4.08. The van der Waals surface area contributed by atoms with Crippen molar-refractivity contribution < 1.29 is 4.79 Å². The molecule has 0 unspecified atom stereocenters. The fourth-order valence-electron chi connectivity index (χ4n) is 2.18. The van der Waals surface area contributed by atoms with Crippen molar-refractivity contribution in [3.05, 3.63) is 42.1 Å². The van der Waals surface area contributed by atoms with Crippen LogP contribution in [0.2, 0.25) is 0 Å². The highest BCUT2D eigenvalue weighted by atomic mass is 35.5. The van der Waals surface area contributed by atoms with Gasteiger partial charge in [0.15, 0.2) is 0 Å². The summed E-state index contributed by atoms with van der Waals surface area (Å²) in [5, 5.41) is 4.03. The number of nitrogens with one attached hydrogen (secondary N) is 1. The Bertz CT molecular complexity index is 600. The highest BCUT2D eigenvalue weighted by Crippen LogP contribution is 2.19. The van der Waals surface area contributed by atoms with E-state index < -0.39 is 0 Å². The lowest BCUT2D eigenvalue weighted by molar-refractivity contribution is 0.0902. The first-order valence-electron chi connectivity index (χ1n) is 6.87. The highest BCUT2D eigenvalue weighted by Gasteiger charge is 2.27. The number of carbonyl (C=O) groups is 1. The number of fused-ring (bicyclic) bond motifs is 1. The van der Waals surface area contributed by atoms with Gasteiger partial charge in [-0.2, -0.15) is 0 Å². The summed E-state index contributed by atoms with van der Waals surface area (Å²) in [6, 6.07) is 9.35. The first-order chi connectivity index (χ1) is 9.64. The number of rotatable bonds is 5. The molecule has 4 heteroatoms. The predicted octanol–water partition coefficient (Wildman–Crippen LogP) is 3.76. The third-order valence-electron chi connectivity index (χ3n) is 3.85. The molecule has 0 fully saturated rings. The van der Waals surface area contributed by atoms with Crippen LogP contribution in [-0.2, 0) is 0 Å². The Balaban J connectivity index is 2.27. The third kappa shape index (κ3) is 2.93. The van der Waals surface area contributed by atoms with Crippen LogP contribution in [0.4, 0.5) is 0 Å². The minimum atomic E-state index is -0.331. The Hall–Kier alpha value is -1.61. The van der Waals surface area contributed by atoms with E-state index >= 15 is 0 Å². The van der Waals surface area contributed by atoms with Crippen molar-refractivity contribution >= 4 is 28.4 Å². The summed E-state index contributed by atoms with van der Waals surface area (Å²) in [6.07, 6.45) is 3.37. The molecule has 0 spiro atoms. The van der Waals surface area contributed by atoms with Gasteiger partial charge in [-0.25, -0.2) is 0 Å². The maximum atomic E-state index is 12.4. The monoisotopic (exact) mass is 290 g/mol. The zero-order valence-corrected chi connectivity index (χ0v) is 12.6. The molecule has 0 radical (unpaired) electrons. The summed E-state index contributed by atoms with van der Waals surface area (Å²) < 4.78 is 0. The van der Waals surface area contributed by atoms with Crippen LogP contribution < -0.4 is 5.32 Å². The molecule has 20 heavy (non-hydrogen) atoms. The summed E-state index contributed by atoms with van der Waals surface area (Å²) in [5.41, 5.74) is 1.20. The molecule has 0 aliphatic heterocycles. The molecule has 0 atom stereocenters. The van der Waals surface area contributed by atoms with Crippen LogP contribution in [0.1, 0.15) is 37.0 Å². The molecule has 0 aliphatic carbocycles. The number of benzene rings is 1. The molecule has 1 N–H and O–H groups in total. The minimum Gasteiger partial charge on any atom is -0.345 e. The number of carbonyl (C=O) groups excluding carboxylic acids is 1. The van der Waals surface area contributed by atoms with Gasteiger partial charge in [0.1, 0.15) is 0 Å². The molecule has 0 saturated heterocycles. The van der Waals surface area contributed by atoms with Gasteiger partial charge in [0.05, 0.1) is 11.1 Å². The molecule has 0 aliphatic rings. The average Bonchev–Trinajstić information content (AvgIpc) is 2.52. The fraction of sp³-hybridized carbons (Fsp3) is 0.375. The number of hydrogen-bond acceptors (Lipinski definition) is 2. The van der Waals surface area contributed by atoms with Gasteiger partial charge in [-0.1, -0.05) is 19.9 Å². The Kier molecular flexibility index (Phi) is 4.61. The van der Waals surface area contributed by atoms with E-state index in [-0.39, 0.29) is 11.4 Å². The quantitative estimate of drug-likeness (QED) is 0.852. The van der Waals surface area contributed by atoms with Crippen LogP contribution in [0.5, 0.6) is 0 Å². The molecule has 1 amide bonds. The second kappa shape index (κ2) is 6.23. The van der Waals surface area contributed by atoms with E-state index in [1.807, 2.05) is 38.1 Å². The maximum absolute atomic E-state index is 12.4. The van der Waals surface area contributed by atoms with Crippen molar-refractivity contribution in [2.45, 2.75) is 32.2 Å². The van der Waals surface area contributed by atoms with Crippen molar-refractivity contribution in [1.29, 1.82) is 0 Å². The fourth-order valence-corrected chi connectivity index (χ4v) is 2.62. The summed E-state index contributed by atoms with van der Waals surface area (Å²) in [5.74, 6) is 0.334. The molecule has 1 aromatic carbocycles. The lowest BCUT2D eigenvalue weighted by atomic mass is 9.94. The van der Waals surface area contributed by atoms with Crippen LogP contribution in [0, 0.1) is 0 Å². The van der Waals surface area contributed by atoms with Crippen molar-refractivity contribution in [2.24, 2.45) is 0 Å². The van der Waals surface area contributed by atoms with E-state index in [2.05, 4.69) is 10.3 Å². The van der Waals surface area contributed by atoms with E-state index in [4.69, 9.17) is 11.6 Å². The molecule has 0 saturated carbocycles. The Morgan fingerprint density at radius 3 is 2.70 bits per heavy atom. The number of alkyl halides is 1. The van der Waals surface area contributed by atoms with Crippen LogP contribution in [0.3, 0.4) is 0 Å². The van der Waals surface area contributed by atoms with Gasteiger partial charge < -0.3 is 5.32 Å². The number of hydrogen-bond donors (Lipinski definition) is 1. The number of halogens is 1. The van der Waals surface area contributed by atoms with Gasteiger partial charge in [-0.3, -0.25) is 9.78 Å². The standard InChI is InChI=1S/C16H19ClN2O/c1-3-16(4-2,11-17)19-15(20)13-7-8-14-12(10-13)6-5-9-18-14/h5-10H,3-4,11H2,1-2H3,(H,19,20). The van der Waals surface area contributed by atoms with Gasteiger partial charge in [0, 0.05) is 23.0 Å². The van der Waals surface area contributed by atoms with Gasteiger partial charge >= 0.3 is 0 Å². The van der Waals surface area contributed by atoms with Crippen LogP contribution in [0.15, 0.2) is 36.5 Å². The molecule has 1 aromatic heterocycles. The second-order valence-corrected chi connectivity index (χ2v) is 5.25. The average molecular weight is 291 g/mol. The zero-order valence-electron chi connectivity index (χ0n) is 11.8. The van der Waals surface area contributed by atoms with E-state index in [0.717, 1.165) is 23.7 Å². The summed E-state index contributed by atoms with van der Waals surface area (Å²) in [4.78, 5) is 16.6. The SMILES string of the molecule is CCC(CC)(CCl)NC(=O)c1ccc2ncccc2c1. The van der Waals surface area contributed by atoms with Crippen LogP contribution >= 0.6 is 11.6 Å². The minimum absolute atomic E-state index is 0.0832. The zero-order chi connectivity index (χ0) is 14.6. The van der Waals surface area contributed by atoms with Crippen molar-refractivity contribution in [1.82, 2.24) is 10.3 Å². The molecule has 2 aromatic rings. The van der Waals surface area contributed by atoms with Crippen LogP contribution in [-0.4, -0.2) is 22.3 Å². The Labute approximate surface area is 124 Å². The molecule has 0 bridgehead atoms. The Morgan fingerprint density at radius 2 is 2.05 bits per heavy atom. The van der Waals surface area contributed by atoms with Crippen LogP contribution in [0.25, 0.3) is 10.9 Å². The summed E-state index contributed by atoms with van der Waals surface area (Å²) in [7, 11) is 0. The van der Waals surface area contributed by atoms with E-state index in [1.54, 1.807) is 12.3 Å². The molecule has 3 nitrogen and oxygen atoms in total. The van der Waals surface area contributed by atoms with Gasteiger partial charge in [0.2, 0.25) is 0 Å². The van der Waals surface area contributed by atoms with Crippen molar-refractivity contribution in [3.8, 4) is 0 Å². The molecule has 106 valence electrons. The lowest BCUT2D eigenvalue weighted by Crippen LogP contribution is -2.49. The molecular weight excluding hydrogens is 272 g/mol. The first kappa shape index (κ1) is 14.8. The number of nitrogens with zero attached hydrogens (tertiary/aromatic N) is 1. The molecule has 2 rings (SSSR count). The predicted molar refractivity (Wildman–Crippen MR) is 83.2 cm³/mol. The smallest absolute Gasteiger partial charge is 0.251 e. The maximum Gasteiger partial charge on any atom is 0.251 e. The highest BCUT2D eigenvalue weighted by molar-refractivity contribution is 6.19. The molecular formula is C16H19ClN2O. The van der Waals surface area contributed by atoms with Gasteiger partial charge in [-0.05, 0) is 37.1 Å². The van der Waals surface area contributed by atoms with E-state index in [1.165, 1.54) is 0 Å². The van der Waals surface area contributed by atoms with E-state index in [0.29, 0.717) is 11.4 Å². The number of amides is 1. The summed E-state index contributed by atoms with van der Waals surface area (Å²) >= 11 is 6.03. The van der Waals surface area contributed by atoms with Gasteiger partial charge in [-0.15, -0.1) is 11.6 Å². The first-order valence-corrected chi connectivity index (χ1v) is 7.41. The molecule has 1 heterocycles. The second-order valence-electron chi connectivity index (χ2n) is 4.99. The number of aromatic nitrogens is 1. The van der Waals surface area contributed by atoms with Crippen molar-refractivity contribution in [3.63, 3.8) is 0 Å². The van der Waals surface area contributed by atoms with Gasteiger partial charge in [0.25, 0.3) is 5.91 Å². The normalized spacial score (nSPS) is 11.6. The lowest BCUT2D eigenvalue weighted by Gasteiger charge is -2.30. The largest absolute Gasteiger partial charge is 0.345 e. The Morgan fingerprint density at radius 1 is 1.30 bits per heavy atom.